The van der Waals surface area contributed by atoms with Crippen LogP contribution in [0.4, 0.5) is 17.2 Å². The van der Waals surface area contributed by atoms with Crippen LogP contribution in [0.5, 0.6) is 0 Å². The van der Waals surface area contributed by atoms with Gasteiger partial charge in [-0.3, -0.25) is 4.31 Å². The summed E-state index contributed by atoms with van der Waals surface area (Å²) in [6.45, 7) is 3.26. The van der Waals surface area contributed by atoms with Gasteiger partial charge in [0.2, 0.25) is 0 Å². The monoisotopic (exact) mass is 312 g/mol. The molecule has 21 heavy (non-hydrogen) atoms. The van der Waals surface area contributed by atoms with Crippen LogP contribution in [-0.4, -0.2) is 52.7 Å². The van der Waals surface area contributed by atoms with Gasteiger partial charge in [-0.05, 0) is 22.4 Å². The van der Waals surface area contributed by atoms with E-state index in [4.69, 9.17) is 4.74 Å². The zero-order chi connectivity index (χ0) is 14.8. The highest BCUT2D eigenvalue weighted by Gasteiger charge is 2.29. The fraction of sp³-hybridized carbons (Fsp3) is 0.583. The van der Waals surface area contributed by atoms with Gasteiger partial charge in [0, 0.05) is 25.4 Å². The van der Waals surface area contributed by atoms with E-state index in [0.717, 1.165) is 25.2 Å². The maximum Gasteiger partial charge on any atom is 0.388 e. The van der Waals surface area contributed by atoms with Crippen molar-refractivity contribution in [2.75, 3.05) is 47.8 Å². The van der Waals surface area contributed by atoms with Crippen molar-refractivity contribution in [2.45, 2.75) is 6.42 Å². The first-order valence-corrected chi connectivity index (χ1v) is 8.07. The molecule has 1 unspecified atom stereocenters. The zero-order valence-corrected chi connectivity index (χ0v) is 12.3. The molecule has 8 nitrogen and oxygen atoms in total. The van der Waals surface area contributed by atoms with E-state index in [2.05, 4.69) is 9.88 Å². The van der Waals surface area contributed by atoms with E-state index in [9.17, 15) is 14.3 Å². The number of hydrogen-bond acceptors (Lipinski definition) is 6. The lowest BCUT2D eigenvalue weighted by Crippen LogP contribution is -2.36. The minimum absolute atomic E-state index is 0.234. The summed E-state index contributed by atoms with van der Waals surface area (Å²) in [5.41, 5.74) is 1.16. The van der Waals surface area contributed by atoms with E-state index in [-0.39, 0.29) is 5.82 Å². The zero-order valence-electron chi connectivity index (χ0n) is 11.4. The Hall–Kier alpha value is -1.74. The van der Waals surface area contributed by atoms with Gasteiger partial charge in [-0.1, -0.05) is 0 Å². The molecule has 2 aliphatic heterocycles. The van der Waals surface area contributed by atoms with Gasteiger partial charge < -0.3 is 19.8 Å². The van der Waals surface area contributed by atoms with Crippen molar-refractivity contribution in [1.82, 2.24) is 4.98 Å². The molecule has 0 bridgehead atoms. The molecule has 3 heterocycles. The van der Waals surface area contributed by atoms with Crippen LogP contribution in [0.1, 0.15) is 6.42 Å². The number of morpholine rings is 1. The van der Waals surface area contributed by atoms with Crippen LogP contribution in [0.25, 0.3) is 0 Å². The van der Waals surface area contributed by atoms with Crippen molar-refractivity contribution in [1.29, 1.82) is 0 Å². The van der Waals surface area contributed by atoms with Gasteiger partial charge in [-0.15, -0.1) is 0 Å². The number of nitrogens with zero attached hydrogens (tertiary/aromatic N) is 4. The molecule has 0 aromatic carbocycles. The molecule has 0 amide bonds. The number of anilines is 2. The van der Waals surface area contributed by atoms with E-state index >= 15 is 0 Å². The average molecular weight is 312 g/mol. The molecule has 0 saturated carbocycles. The minimum Gasteiger partial charge on any atom is -0.378 e. The van der Waals surface area contributed by atoms with Crippen LogP contribution in [-0.2, 0) is 15.7 Å². The molecule has 2 fully saturated rings. The summed E-state index contributed by atoms with van der Waals surface area (Å²) in [4.78, 5) is 16.7. The SMILES string of the molecule is O=[N+]([O-])c1ncc(N2CCOCC2)cc1N1CCCS1=O. The average Bonchev–Trinajstić information content (AvgIpc) is 2.93. The molecule has 0 N–H and O–H groups in total. The largest absolute Gasteiger partial charge is 0.388 e. The van der Waals surface area contributed by atoms with Crippen LogP contribution in [0.2, 0.25) is 0 Å². The highest BCUT2D eigenvalue weighted by atomic mass is 32.2. The highest BCUT2D eigenvalue weighted by molar-refractivity contribution is 7.86. The Morgan fingerprint density at radius 2 is 2.10 bits per heavy atom. The highest BCUT2D eigenvalue weighted by Crippen LogP contribution is 2.33. The van der Waals surface area contributed by atoms with Gasteiger partial charge in [-0.2, -0.15) is 0 Å². The molecule has 0 aliphatic carbocycles. The Morgan fingerprint density at radius 1 is 1.33 bits per heavy atom. The van der Waals surface area contributed by atoms with Crippen molar-refractivity contribution in [3.8, 4) is 0 Å². The summed E-state index contributed by atoms with van der Waals surface area (Å²) in [6.07, 6.45) is 2.28. The van der Waals surface area contributed by atoms with Crippen LogP contribution < -0.4 is 9.21 Å². The third kappa shape index (κ3) is 2.84. The molecular weight excluding hydrogens is 296 g/mol. The molecule has 114 valence electrons. The summed E-state index contributed by atoms with van der Waals surface area (Å²) in [5.74, 6) is 0.307. The van der Waals surface area contributed by atoms with E-state index in [1.807, 2.05) is 0 Å². The molecule has 1 aromatic heterocycles. The summed E-state index contributed by atoms with van der Waals surface area (Å²) in [7, 11) is -1.21. The van der Waals surface area contributed by atoms with Gasteiger partial charge in [0.15, 0.2) is 6.20 Å². The molecule has 2 saturated heterocycles. The summed E-state index contributed by atoms with van der Waals surface area (Å²) in [6, 6.07) is 1.72. The molecular formula is C12H16N4O4S. The fourth-order valence-electron chi connectivity index (χ4n) is 2.53. The van der Waals surface area contributed by atoms with Crippen molar-refractivity contribution in [3.05, 3.63) is 22.4 Å². The first-order chi connectivity index (χ1) is 10.2. The Labute approximate surface area is 124 Å². The topological polar surface area (TPSA) is 88.8 Å². The summed E-state index contributed by atoms with van der Waals surface area (Å²) >= 11 is 0. The Kier molecular flexibility index (Phi) is 4.02. The van der Waals surface area contributed by atoms with Gasteiger partial charge in [0.25, 0.3) is 0 Å². The lowest BCUT2D eigenvalue weighted by Gasteiger charge is -2.28. The predicted octanol–water partition coefficient (Wildman–Crippen LogP) is 0.700. The number of ether oxygens (including phenoxy) is 1. The predicted molar refractivity (Wildman–Crippen MR) is 78.9 cm³/mol. The Morgan fingerprint density at radius 3 is 2.71 bits per heavy atom. The lowest BCUT2D eigenvalue weighted by atomic mass is 10.3. The first kappa shape index (κ1) is 14.2. The number of pyridine rings is 1. The number of aromatic nitrogens is 1. The summed E-state index contributed by atoms with van der Waals surface area (Å²) < 4.78 is 18.9. The molecule has 1 aromatic rings. The third-order valence-corrected chi connectivity index (χ3v) is 5.09. The van der Waals surface area contributed by atoms with Gasteiger partial charge >= 0.3 is 5.82 Å². The van der Waals surface area contributed by atoms with E-state index < -0.39 is 15.9 Å². The molecule has 3 rings (SSSR count). The minimum atomic E-state index is -1.21. The fourth-order valence-corrected chi connectivity index (χ4v) is 3.81. The van der Waals surface area contributed by atoms with Crippen LogP contribution in [0, 0.1) is 10.1 Å². The second kappa shape index (κ2) is 5.94. The lowest BCUT2D eigenvalue weighted by molar-refractivity contribution is -0.388. The number of nitro groups is 1. The quantitative estimate of drug-likeness (QED) is 0.603. The number of rotatable bonds is 3. The second-order valence-electron chi connectivity index (χ2n) is 4.87. The Bertz CT molecular complexity index is 576. The van der Waals surface area contributed by atoms with Gasteiger partial charge in [0.05, 0.1) is 18.9 Å². The molecule has 9 heteroatoms. The molecule has 2 aliphatic rings. The van der Waals surface area contributed by atoms with Gasteiger partial charge in [0.1, 0.15) is 16.7 Å². The normalized spacial score (nSPS) is 22.6. The maximum atomic E-state index is 12.0. The van der Waals surface area contributed by atoms with Crippen LogP contribution in [0.15, 0.2) is 12.3 Å². The van der Waals surface area contributed by atoms with E-state index in [1.165, 1.54) is 6.20 Å². The van der Waals surface area contributed by atoms with E-state index in [0.29, 0.717) is 31.2 Å². The van der Waals surface area contributed by atoms with Crippen molar-refractivity contribution >= 4 is 28.2 Å². The van der Waals surface area contributed by atoms with Crippen molar-refractivity contribution in [3.63, 3.8) is 0 Å². The third-order valence-electron chi connectivity index (χ3n) is 3.58. The van der Waals surface area contributed by atoms with Crippen LogP contribution >= 0.6 is 0 Å². The smallest absolute Gasteiger partial charge is 0.378 e. The molecule has 1 atom stereocenters. The first-order valence-electron chi connectivity index (χ1n) is 6.80. The standard InChI is InChI=1S/C12H16N4O4S/c17-16(18)12-11(15-2-1-7-21(15)19)8-10(9-13-12)14-3-5-20-6-4-14/h8-9H,1-7H2. The molecule has 0 radical (unpaired) electrons. The maximum absolute atomic E-state index is 12.0. The summed E-state index contributed by atoms with van der Waals surface area (Å²) in [5, 5.41) is 11.2. The van der Waals surface area contributed by atoms with Crippen LogP contribution in [0.3, 0.4) is 0 Å². The van der Waals surface area contributed by atoms with Gasteiger partial charge in [-0.25, -0.2) is 4.21 Å². The Balaban J connectivity index is 1.97. The molecule has 0 spiro atoms. The number of hydrogen-bond donors (Lipinski definition) is 0. The van der Waals surface area contributed by atoms with Crippen molar-refractivity contribution in [2.24, 2.45) is 0 Å². The van der Waals surface area contributed by atoms with Crippen molar-refractivity contribution < 1.29 is 13.9 Å². The second-order valence-corrected chi connectivity index (χ2v) is 6.37. The van der Waals surface area contributed by atoms with E-state index in [1.54, 1.807) is 10.4 Å².